The van der Waals surface area contributed by atoms with Crippen LogP contribution in [-0.2, 0) is 20.5 Å². The van der Waals surface area contributed by atoms with Gasteiger partial charge < -0.3 is 4.74 Å². The second-order valence-electron chi connectivity index (χ2n) is 5.76. The van der Waals surface area contributed by atoms with Crippen molar-refractivity contribution in [3.8, 4) is 0 Å². The van der Waals surface area contributed by atoms with Crippen molar-refractivity contribution in [1.82, 2.24) is 9.62 Å². The molecule has 0 spiro atoms. The van der Waals surface area contributed by atoms with Gasteiger partial charge >= 0.3 is 0 Å². The van der Waals surface area contributed by atoms with Gasteiger partial charge in [-0.25, -0.2) is 13.1 Å². The first-order chi connectivity index (χ1) is 10.4. The van der Waals surface area contributed by atoms with Gasteiger partial charge in [-0.3, -0.25) is 4.90 Å². The monoisotopic (exact) mass is 346 g/mol. The summed E-state index contributed by atoms with van der Waals surface area (Å²) in [6.45, 7) is 6.80. The molecule has 1 aliphatic heterocycles. The van der Waals surface area contributed by atoms with Crippen molar-refractivity contribution in [1.29, 1.82) is 0 Å². The number of rotatable bonds is 6. The number of nitrogens with one attached hydrogen (secondary N) is 1. The average Bonchev–Trinajstić information content (AvgIpc) is 2.40. The van der Waals surface area contributed by atoms with Crippen LogP contribution < -0.4 is 4.72 Å². The van der Waals surface area contributed by atoms with E-state index in [1.54, 1.807) is 24.3 Å². The van der Waals surface area contributed by atoms with Crippen molar-refractivity contribution in [3.05, 3.63) is 34.9 Å². The van der Waals surface area contributed by atoms with E-state index in [9.17, 15) is 8.42 Å². The van der Waals surface area contributed by atoms with Gasteiger partial charge in [-0.2, -0.15) is 0 Å². The Bertz CT molecular complexity index is 584. The third-order valence-corrected chi connectivity index (χ3v) is 5.25. The summed E-state index contributed by atoms with van der Waals surface area (Å²) in [4.78, 5) is 2.22. The summed E-state index contributed by atoms with van der Waals surface area (Å²) in [6.07, 6.45) is 0.368. The van der Waals surface area contributed by atoms with Gasteiger partial charge in [0.2, 0.25) is 10.0 Å². The second-order valence-corrected chi connectivity index (χ2v) is 7.98. The number of morpholine rings is 1. The Morgan fingerprint density at radius 1 is 1.27 bits per heavy atom. The van der Waals surface area contributed by atoms with Crippen molar-refractivity contribution in [3.63, 3.8) is 0 Å². The second kappa shape index (κ2) is 7.75. The number of nitrogens with zero attached hydrogens (tertiary/aromatic N) is 1. The molecule has 1 N–H and O–H groups in total. The number of halogens is 1. The summed E-state index contributed by atoms with van der Waals surface area (Å²) in [6, 6.07) is 7.00. The van der Waals surface area contributed by atoms with Crippen molar-refractivity contribution >= 4 is 21.6 Å². The van der Waals surface area contributed by atoms with Crippen molar-refractivity contribution in [2.45, 2.75) is 31.8 Å². The Labute approximate surface area is 137 Å². The zero-order chi connectivity index (χ0) is 16.2. The molecule has 2 atom stereocenters. The SMILES string of the molecule is CC1CN(CCNS(=O)(=O)Cc2ccccc2Cl)CC(C)O1. The number of hydrogen-bond donors (Lipinski definition) is 1. The minimum atomic E-state index is -3.38. The highest BCUT2D eigenvalue weighted by molar-refractivity contribution is 7.88. The lowest BCUT2D eigenvalue weighted by Gasteiger charge is -2.35. The van der Waals surface area contributed by atoms with Gasteiger partial charge in [0.1, 0.15) is 0 Å². The molecule has 1 aromatic rings. The Morgan fingerprint density at radius 2 is 1.91 bits per heavy atom. The fraction of sp³-hybridized carbons (Fsp3) is 0.600. The van der Waals surface area contributed by atoms with Crippen LogP contribution in [0.1, 0.15) is 19.4 Å². The summed E-state index contributed by atoms with van der Waals surface area (Å²) in [5.41, 5.74) is 0.616. The van der Waals surface area contributed by atoms with Crippen LogP contribution in [0.25, 0.3) is 0 Å². The van der Waals surface area contributed by atoms with E-state index in [4.69, 9.17) is 16.3 Å². The van der Waals surface area contributed by atoms with Crippen LogP contribution in [0.15, 0.2) is 24.3 Å². The first-order valence-electron chi connectivity index (χ1n) is 7.44. The van der Waals surface area contributed by atoms with Crippen LogP contribution in [0.4, 0.5) is 0 Å². The maximum atomic E-state index is 12.1. The molecule has 0 radical (unpaired) electrons. The number of hydrogen-bond acceptors (Lipinski definition) is 4. The molecule has 22 heavy (non-hydrogen) atoms. The molecule has 0 aliphatic carbocycles. The Morgan fingerprint density at radius 3 is 2.55 bits per heavy atom. The predicted molar refractivity (Wildman–Crippen MR) is 88.5 cm³/mol. The van der Waals surface area contributed by atoms with Gasteiger partial charge in [-0.1, -0.05) is 29.8 Å². The van der Waals surface area contributed by atoms with Crippen LogP contribution in [0.3, 0.4) is 0 Å². The Kier molecular flexibility index (Phi) is 6.23. The molecule has 2 unspecified atom stereocenters. The topological polar surface area (TPSA) is 58.6 Å². The van der Waals surface area contributed by atoms with Crippen LogP contribution in [0, 0.1) is 0 Å². The number of sulfonamides is 1. The molecule has 2 rings (SSSR count). The maximum Gasteiger partial charge on any atom is 0.215 e. The van der Waals surface area contributed by atoms with Gasteiger partial charge in [0.25, 0.3) is 0 Å². The van der Waals surface area contributed by atoms with Crippen molar-refractivity contribution in [2.75, 3.05) is 26.2 Å². The van der Waals surface area contributed by atoms with Crippen LogP contribution in [0.2, 0.25) is 5.02 Å². The van der Waals surface area contributed by atoms with E-state index in [1.165, 1.54) is 0 Å². The van der Waals surface area contributed by atoms with E-state index >= 15 is 0 Å². The molecular formula is C15H23ClN2O3S. The molecule has 0 saturated carbocycles. The van der Waals surface area contributed by atoms with Gasteiger partial charge in [-0.05, 0) is 25.5 Å². The highest BCUT2D eigenvalue weighted by Crippen LogP contribution is 2.17. The zero-order valence-corrected chi connectivity index (χ0v) is 14.5. The predicted octanol–water partition coefficient (Wildman–Crippen LogP) is 1.87. The normalized spacial score (nSPS) is 23.6. The van der Waals surface area contributed by atoms with E-state index in [0.717, 1.165) is 13.1 Å². The average molecular weight is 347 g/mol. The number of benzene rings is 1. The summed E-state index contributed by atoms with van der Waals surface area (Å²) < 4.78 is 32.5. The molecule has 124 valence electrons. The summed E-state index contributed by atoms with van der Waals surface area (Å²) in [7, 11) is -3.38. The summed E-state index contributed by atoms with van der Waals surface area (Å²) in [5, 5.41) is 0.476. The van der Waals surface area contributed by atoms with Crippen molar-refractivity contribution < 1.29 is 13.2 Å². The molecular weight excluding hydrogens is 324 g/mol. The first-order valence-corrected chi connectivity index (χ1v) is 9.47. The third-order valence-electron chi connectivity index (χ3n) is 3.55. The molecule has 1 aliphatic rings. The highest BCUT2D eigenvalue weighted by atomic mass is 35.5. The lowest BCUT2D eigenvalue weighted by molar-refractivity contribution is -0.0671. The largest absolute Gasteiger partial charge is 0.373 e. The lowest BCUT2D eigenvalue weighted by Crippen LogP contribution is -2.47. The van der Waals surface area contributed by atoms with Gasteiger partial charge in [-0.15, -0.1) is 0 Å². The van der Waals surface area contributed by atoms with E-state index < -0.39 is 10.0 Å². The molecule has 0 amide bonds. The number of ether oxygens (including phenoxy) is 1. The van der Waals surface area contributed by atoms with Crippen LogP contribution in [-0.4, -0.2) is 51.7 Å². The first kappa shape index (κ1) is 17.7. The fourth-order valence-corrected chi connectivity index (χ4v) is 4.14. The fourth-order valence-electron chi connectivity index (χ4n) is 2.70. The summed E-state index contributed by atoms with van der Waals surface area (Å²) >= 11 is 6.00. The molecule has 0 bridgehead atoms. The molecule has 1 aromatic carbocycles. The standard InChI is InChI=1S/C15H23ClN2O3S/c1-12-9-18(10-13(2)21-12)8-7-17-22(19,20)11-14-5-3-4-6-15(14)16/h3-6,12-13,17H,7-11H2,1-2H3. The highest BCUT2D eigenvalue weighted by Gasteiger charge is 2.22. The smallest absolute Gasteiger partial charge is 0.215 e. The molecule has 1 heterocycles. The van der Waals surface area contributed by atoms with Crippen molar-refractivity contribution in [2.24, 2.45) is 0 Å². The molecule has 0 aromatic heterocycles. The zero-order valence-electron chi connectivity index (χ0n) is 13.0. The Balaban J connectivity index is 1.82. The van der Waals surface area contributed by atoms with Gasteiger partial charge in [0.05, 0.1) is 18.0 Å². The third kappa shape index (κ3) is 5.52. The molecule has 1 saturated heterocycles. The van der Waals surface area contributed by atoms with Crippen LogP contribution >= 0.6 is 11.6 Å². The van der Waals surface area contributed by atoms with E-state index in [0.29, 0.717) is 23.7 Å². The minimum absolute atomic E-state index is 0.0947. The lowest BCUT2D eigenvalue weighted by atomic mass is 10.2. The summed E-state index contributed by atoms with van der Waals surface area (Å²) in [5.74, 6) is -0.0947. The molecule has 5 nitrogen and oxygen atoms in total. The van der Waals surface area contributed by atoms with E-state index in [-0.39, 0.29) is 18.0 Å². The van der Waals surface area contributed by atoms with E-state index in [2.05, 4.69) is 9.62 Å². The van der Waals surface area contributed by atoms with Gasteiger partial charge in [0, 0.05) is 31.2 Å². The minimum Gasteiger partial charge on any atom is -0.373 e. The van der Waals surface area contributed by atoms with Gasteiger partial charge in [0.15, 0.2) is 0 Å². The Hall–Kier alpha value is -0.660. The van der Waals surface area contributed by atoms with E-state index in [1.807, 2.05) is 13.8 Å². The van der Waals surface area contributed by atoms with Crippen LogP contribution in [0.5, 0.6) is 0 Å². The molecule has 1 fully saturated rings. The quantitative estimate of drug-likeness (QED) is 0.854. The molecule has 7 heteroatoms. The maximum absolute atomic E-state index is 12.1.